The van der Waals surface area contributed by atoms with Crippen LogP contribution >= 0.6 is 0 Å². The molecule has 9 heteroatoms. The third-order valence-electron chi connectivity index (χ3n) is 2.30. The molecule has 3 rings (SSSR count). The van der Waals surface area contributed by atoms with Crippen LogP contribution in [0.2, 0.25) is 0 Å². The summed E-state index contributed by atoms with van der Waals surface area (Å²) in [5.41, 5.74) is 0.163. The van der Waals surface area contributed by atoms with Gasteiger partial charge in [0.1, 0.15) is 12.1 Å². The average Bonchev–Trinajstić information content (AvgIpc) is 2.94. The molecule has 0 aromatic carbocycles. The van der Waals surface area contributed by atoms with E-state index < -0.39 is 0 Å². The fraction of sp³-hybridized carbons (Fsp3) is 0.222. The first kappa shape index (κ1) is 10.4. The number of rotatable bonds is 3. The van der Waals surface area contributed by atoms with E-state index in [1.165, 1.54) is 10.7 Å². The Hall–Kier alpha value is -2.71. The molecule has 0 radical (unpaired) electrons. The standard InChI is InChI=1S/C9H9N7O2/c1-5-12-8(18-15-5)3-10-6-2-7-13-14-9(17)16(7)4-11-6/h2,4,10H,3H2,1H3,(H,14,17). The molecule has 0 fully saturated rings. The van der Waals surface area contributed by atoms with Crippen molar-refractivity contribution in [1.82, 2.24) is 29.7 Å². The van der Waals surface area contributed by atoms with Gasteiger partial charge < -0.3 is 9.84 Å². The third-order valence-corrected chi connectivity index (χ3v) is 2.30. The number of nitrogens with one attached hydrogen (secondary N) is 2. The number of hydrogen-bond acceptors (Lipinski definition) is 7. The molecule has 3 heterocycles. The van der Waals surface area contributed by atoms with E-state index in [1.54, 1.807) is 13.0 Å². The molecule has 0 saturated carbocycles. The number of H-pyrrole nitrogens is 1. The number of hydrogen-bond donors (Lipinski definition) is 2. The second-order valence-electron chi connectivity index (χ2n) is 3.62. The molecule has 0 aliphatic rings. The Kier molecular flexibility index (Phi) is 2.29. The van der Waals surface area contributed by atoms with Crippen LogP contribution in [-0.4, -0.2) is 29.7 Å². The molecule has 0 amide bonds. The lowest BCUT2D eigenvalue weighted by atomic mass is 10.5. The second-order valence-corrected chi connectivity index (χ2v) is 3.62. The van der Waals surface area contributed by atoms with Crippen molar-refractivity contribution in [2.24, 2.45) is 0 Å². The summed E-state index contributed by atoms with van der Waals surface area (Å²) in [6.45, 7) is 2.10. The number of aromatic amines is 1. The van der Waals surface area contributed by atoms with Crippen molar-refractivity contribution < 1.29 is 4.52 Å². The summed E-state index contributed by atoms with van der Waals surface area (Å²) in [5, 5.41) is 12.8. The first-order valence-electron chi connectivity index (χ1n) is 5.18. The van der Waals surface area contributed by atoms with Gasteiger partial charge in [-0.1, -0.05) is 5.16 Å². The Bertz CT molecular complexity index is 741. The highest BCUT2D eigenvalue weighted by Gasteiger charge is 2.05. The summed E-state index contributed by atoms with van der Waals surface area (Å²) in [4.78, 5) is 19.3. The SMILES string of the molecule is Cc1noc(CNc2cc3n[nH]c(=O)n3cn2)n1. The molecule has 0 saturated heterocycles. The minimum Gasteiger partial charge on any atom is -0.361 e. The van der Waals surface area contributed by atoms with Gasteiger partial charge in [0.05, 0.1) is 6.54 Å². The van der Waals surface area contributed by atoms with Crippen molar-refractivity contribution in [3.63, 3.8) is 0 Å². The summed E-state index contributed by atoms with van der Waals surface area (Å²) in [7, 11) is 0. The van der Waals surface area contributed by atoms with Gasteiger partial charge in [0.2, 0.25) is 5.89 Å². The normalized spacial score (nSPS) is 10.9. The zero-order valence-electron chi connectivity index (χ0n) is 9.41. The molecule has 2 N–H and O–H groups in total. The molecule has 0 aliphatic carbocycles. The molecular weight excluding hydrogens is 238 g/mol. The van der Waals surface area contributed by atoms with Crippen LogP contribution in [0.4, 0.5) is 5.82 Å². The summed E-state index contributed by atoms with van der Waals surface area (Å²) in [6.07, 6.45) is 1.39. The Labute approximate surface area is 99.9 Å². The van der Waals surface area contributed by atoms with Crippen LogP contribution in [0, 0.1) is 6.92 Å². The van der Waals surface area contributed by atoms with Gasteiger partial charge in [0.15, 0.2) is 11.5 Å². The highest BCUT2D eigenvalue weighted by molar-refractivity contribution is 5.48. The maximum Gasteiger partial charge on any atom is 0.348 e. The van der Waals surface area contributed by atoms with Crippen molar-refractivity contribution in [1.29, 1.82) is 0 Å². The minimum atomic E-state index is -0.323. The van der Waals surface area contributed by atoms with Gasteiger partial charge >= 0.3 is 5.69 Å². The van der Waals surface area contributed by atoms with E-state index in [0.29, 0.717) is 29.7 Å². The molecule has 3 aromatic heterocycles. The lowest BCUT2D eigenvalue weighted by Gasteiger charge is -2.01. The maximum atomic E-state index is 11.2. The predicted octanol–water partition coefficient (Wildman–Crippen LogP) is -0.279. The van der Waals surface area contributed by atoms with Gasteiger partial charge in [-0.3, -0.25) is 0 Å². The largest absolute Gasteiger partial charge is 0.361 e. The number of aryl methyl sites for hydroxylation is 1. The molecule has 0 aliphatic heterocycles. The van der Waals surface area contributed by atoms with Gasteiger partial charge in [0, 0.05) is 6.07 Å². The smallest absolute Gasteiger partial charge is 0.348 e. The summed E-state index contributed by atoms with van der Waals surface area (Å²) in [5.74, 6) is 1.61. The Morgan fingerprint density at radius 3 is 3.22 bits per heavy atom. The molecule has 0 spiro atoms. The number of aromatic nitrogens is 6. The Morgan fingerprint density at radius 1 is 1.56 bits per heavy atom. The van der Waals surface area contributed by atoms with Crippen LogP contribution in [0.1, 0.15) is 11.7 Å². The molecule has 9 nitrogen and oxygen atoms in total. The van der Waals surface area contributed by atoms with Crippen LogP contribution in [0.15, 0.2) is 21.7 Å². The molecule has 3 aromatic rings. The Morgan fingerprint density at radius 2 is 2.44 bits per heavy atom. The number of nitrogens with zero attached hydrogens (tertiary/aromatic N) is 5. The maximum absolute atomic E-state index is 11.2. The van der Waals surface area contributed by atoms with Crippen molar-refractivity contribution in [3.8, 4) is 0 Å². The quantitative estimate of drug-likeness (QED) is 0.654. The zero-order chi connectivity index (χ0) is 12.5. The topological polar surface area (TPSA) is 114 Å². The van der Waals surface area contributed by atoms with Gasteiger partial charge in [-0.05, 0) is 6.92 Å². The lowest BCUT2D eigenvalue weighted by Crippen LogP contribution is -2.10. The highest BCUT2D eigenvalue weighted by atomic mass is 16.5. The second kappa shape index (κ2) is 3.95. The van der Waals surface area contributed by atoms with Crippen molar-refractivity contribution in [2.75, 3.05) is 5.32 Å². The van der Waals surface area contributed by atoms with Gasteiger partial charge in [0.25, 0.3) is 0 Å². The van der Waals surface area contributed by atoms with Crippen molar-refractivity contribution >= 4 is 11.5 Å². The number of fused-ring (bicyclic) bond motifs is 1. The van der Waals surface area contributed by atoms with E-state index in [9.17, 15) is 4.79 Å². The van der Waals surface area contributed by atoms with E-state index in [4.69, 9.17) is 4.52 Å². The average molecular weight is 247 g/mol. The van der Waals surface area contributed by atoms with Gasteiger partial charge in [-0.25, -0.2) is 19.3 Å². The van der Waals surface area contributed by atoms with Crippen LogP contribution in [0.3, 0.4) is 0 Å². The Balaban J connectivity index is 1.80. The zero-order valence-corrected chi connectivity index (χ0v) is 9.41. The van der Waals surface area contributed by atoms with Crippen molar-refractivity contribution in [3.05, 3.63) is 34.6 Å². The number of anilines is 1. The van der Waals surface area contributed by atoms with E-state index in [1.807, 2.05) is 0 Å². The molecule has 0 atom stereocenters. The fourth-order valence-electron chi connectivity index (χ4n) is 1.48. The minimum absolute atomic E-state index is 0.323. The van der Waals surface area contributed by atoms with E-state index in [-0.39, 0.29) is 5.69 Å². The monoisotopic (exact) mass is 247 g/mol. The van der Waals surface area contributed by atoms with Crippen LogP contribution in [0.5, 0.6) is 0 Å². The van der Waals surface area contributed by atoms with E-state index in [2.05, 4.69) is 30.6 Å². The molecular formula is C9H9N7O2. The van der Waals surface area contributed by atoms with Gasteiger partial charge in [-0.2, -0.15) is 10.1 Å². The molecule has 0 unspecified atom stereocenters. The lowest BCUT2D eigenvalue weighted by molar-refractivity contribution is 0.379. The van der Waals surface area contributed by atoms with Crippen molar-refractivity contribution in [2.45, 2.75) is 13.5 Å². The first-order valence-corrected chi connectivity index (χ1v) is 5.18. The van der Waals surface area contributed by atoms with Crippen LogP contribution in [0.25, 0.3) is 5.65 Å². The van der Waals surface area contributed by atoms with Crippen LogP contribution < -0.4 is 11.0 Å². The summed E-state index contributed by atoms with van der Waals surface area (Å²) in [6, 6.07) is 1.64. The predicted molar refractivity (Wildman–Crippen MR) is 60.0 cm³/mol. The summed E-state index contributed by atoms with van der Waals surface area (Å²) >= 11 is 0. The molecule has 0 bridgehead atoms. The van der Waals surface area contributed by atoms with E-state index >= 15 is 0 Å². The highest BCUT2D eigenvalue weighted by Crippen LogP contribution is 2.06. The molecule has 18 heavy (non-hydrogen) atoms. The third kappa shape index (κ3) is 1.81. The van der Waals surface area contributed by atoms with Gasteiger partial charge in [-0.15, -0.1) is 0 Å². The van der Waals surface area contributed by atoms with Crippen LogP contribution in [-0.2, 0) is 6.54 Å². The first-order chi connectivity index (χ1) is 8.72. The summed E-state index contributed by atoms with van der Waals surface area (Å²) < 4.78 is 6.26. The fourth-order valence-corrected chi connectivity index (χ4v) is 1.48. The van der Waals surface area contributed by atoms with E-state index in [0.717, 1.165) is 0 Å². The molecule has 92 valence electrons.